The number of methoxy groups -OCH3 is 1. The number of hydrogen-bond acceptors (Lipinski definition) is 5. The molecule has 1 heterocycles. The van der Waals surface area contributed by atoms with Crippen molar-refractivity contribution in [2.24, 2.45) is 0 Å². The quantitative estimate of drug-likeness (QED) is 0.581. The molecule has 0 aliphatic heterocycles. The Bertz CT molecular complexity index is 1160. The molecule has 28 heavy (non-hydrogen) atoms. The second-order valence-corrected chi connectivity index (χ2v) is 8.50. The summed E-state index contributed by atoms with van der Waals surface area (Å²) in [6.07, 6.45) is 0.535. The topological polar surface area (TPSA) is 101 Å². The molecule has 2 aromatic carbocycles. The maximum atomic E-state index is 13.1. The van der Waals surface area contributed by atoms with E-state index in [4.69, 9.17) is 4.74 Å². The summed E-state index contributed by atoms with van der Waals surface area (Å²) >= 11 is 3.34. The Morgan fingerprint density at radius 3 is 2.57 bits per heavy atom. The average Bonchev–Trinajstić information content (AvgIpc) is 2.69. The lowest BCUT2D eigenvalue weighted by atomic mass is 10.1. The first-order chi connectivity index (χ1) is 13.3. The molecule has 146 valence electrons. The van der Waals surface area contributed by atoms with Gasteiger partial charge in [-0.1, -0.05) is 35.0 Å². The lowest BCUT2D eigenvalue weighted by Gasteiger charge is -2.15. The van der Waals surface area contributed by atoms with E-state index in [1.165, 1.54) is 13.2 Å². The monoisotopic (exact) mass is 463 g/mol. The third-order valence-corrected chi connectivity index (χ3v) is 6.06. The van der Waals surface area contributed by atoms with Crippen molar-refractivity contribution in [1.29, 1.82) is 0 Å². The van der Waals surface area contributed by atoms with Crippen LogP contribution in [0.3, 0.4) is 0 Å². The zero-order valence-corrected chi connectivity index (χ0v) is 17.6. The lowest BCUT2D eigenvalue weighted by Crippen LogP contribution is -2.16. The van der Waals surface area contributed by atoms with Gasteiger partial charge in [0.2, 0.25) is 0 Å². The fourth-order valence-corrected chi connectivity index (χ4v) is 4.46. The van der Waals surface area contributed by atoms with Gasteiger partial charge in [0.25, 0.3) is 15.6 Å². The van der Waals surface area contributed by atoms with Crippen molar-refractivity contribution in [3.8, 4) is 17.0 Å². The molecular formula is C19H18BrN3O4S. The Hall–Kier alpha value is -2.65. The Kier molecular flexibility index (Phi) is 5.85. The zero-order valence-electron chi connectivity index (χ0n) is 15.2. The van der Waals surface area contributed by atoms with Crippen molar-refractivity contribution in [3.63, 3.8) is 0 Å². The number of nitrogens with one attached hydrogen (secondary N) is 2. The van der Waals surface area contributed by atoms with Crippen molar-refractivity contribution in [3.05, 3.63) is 68.9 Å². The fourth-order valence-electron chi connectivity index (χ4n) is 2.71. The molecule has 0 amide bonds. The maximum absolute atomic E-state index is 13.1. The highest BCUT2D eigenvalue weighted by atomic mass is 79.9. The molecule has 0 spiro atoms. The summed E-state index contributed by atoms with van der Waals surface area (Å²) in [5, 5.41) is 6.32. The average molecular weight is 464 g/mol. The predicted molar refractivity (Wildman–Crippen MR) is 111 cm³/mol. The Balaban J connectivity index is 2.06. The van der Waals surface area contributed by atoms with E-state index in [0.717, 1.165) is 4.47 Å². The van der Waals surface area contributed by atoms with E-state index < -0.39 is 10.0 Å². The molecule has 0 unspecified atom stereocenters. The van der Waals surface area contributed by atoms with Crippen LogP contribution >= 0.6 is 15.9 Å². The second kappa shape index (κ2) is 8.15. The van der Waals surface area contributed by atoms with E-state index in [-0.39, 0.29) is 10.5 Å². The molecular weight excluding hydrogens is 446 g/mol. The second-order valence-electron chi connectivity index (χ2n) is 5.93. The van der Waals surface area contributed by atoms with Crippen LogP contribution in [0, 0.1) is 0 Å². The standard InChI is InChI=1S/C19H18BrN3O4S/c1-3-12-4-5-13(15-8-9-19(24)22-21-15)10-18(12)28(25,26)23-16-7-6-14(20)11-17(16)27-2/h4-11,23H,3H2,1-2H3,(H,22,24). The molecule has 1 aromatic heterocycles. The number of rotatable bonds is 6. The number of sulfonamides is 1. The Labute approximate surface area is 171 Å². The molecule has 2 N–H and O–H groups in total. The van der Waals surface area contributed by atoms with E-state index in [1.807, 2.05) is 6.92 Å². The minimum atomic E-state index is -3.89. The number of ether oxygens (including phenoxy) is 1. The summed E-state index contributed by atoms with van der Waals surface area (Å²) in [6, 6.07) is 13.0. The van der Waals surface area contributed by atoms with Crippen LogP contribution < -0.4 is 15.0 Å². The number of hydrogen-bond donors (Lipinski definition) is 2. The molecule has 0 aliphatic rings. The molecule has 0 bridgehead atoms. The van der Waals surface area contributed by atoms with Crippen LogP contribution in [-0.4, -0.2) is 25.7 Å². The maximum Gasteiger partial charge on any atom is 0.264 e. The fraction of sp³-hybridized carbons (Fsp3) is 0.158. The number of nitrogens with zero attached hydrogens (tertiary/aromatic N) is 1. The number of aromatic amines is 1. The van der Waals surface area contributed by atoms with Crippen LogP contribution in [0.15, 0.2) is 62.7 Å². The van der Waals surface area contributed by atoms with Gasteiger partial charge in [-0.2, -0.15) is 5.10 Å². The smallest absolute Gasteiger partial charge is 0.264 e. The molecule has 0 saturated carbocycles. The van der Waals surface area contributed by atoms with Gasteiger partial charge in [-0.3, -0.25) is 9.52 Å². The summed E-state index contributed by atoms with van der Waals surface area (Å²) in [5.74, 6) is 0.398. The highest BCUT2D eigenvalue weighted by Gasteiger charge is 2.21. The zero-order chi connectivity index (χ0) is 20.3. The van der Waals surface area contributed by atoms with Crippen molar-refractivity contribution in [2.75, 3.05) is 11.8 Å². The van der Waals surface area contributed by atoms with Gasteiger partial charge in [0, 0.05) is 16.1 Å². The summed E-state index contributed by atoms with van der Waals surface area (Å²) in [4.78, 5) is 11.4. The molecule has 0 atom stereocenters. The SMILES string of the molecule is CCc1ccc(-c2ccc(=O)[nH]n2)cc1S(=O)(=O)Nc1ccc(Br)cc1OC. The molecule has 3 rings (SSSR count). The van der Waals surface area contributed by atoms with Crippen LogP contribution in [0.1, 0.15) is 12.5 Å². The third kappa shape index (κ3) is 4.26. The highest BCUT2D eigenvalue weighted by molar-refractivity contribution is 9.10. The third-order valence-electron chi connectivity index (χ3n) is 4.12. The minimum Gasteiger partial charge on any atom is -0.495 e. The van der Waals surface area contributed by atoms with Gasteiger partial charge in [0.05, 0.1) is 23.4 Å². The molecule has 9 heteroatoms. The number of benzene rings is 2. The first-order valence-corrected chi connectivity index (χ1v) is 10.7. The van der Waals surface area contributed by atoms with Crippen LogP contribution in [0.2, 0.25) is 0 Å². The Morgan fingerprint density at radius 1 is 1.14 bits per heavy atom. The number of aryl methyl sites for hydroxylation is 1. The van der Waals surface area contributed by atoms with E-state index in [0.29, 0.717) is 34.7 Å². The van der Waals surface area contributed by atoms with Crippen molar-refractivity contribution >= 4 is 31.6 Å². The van der Waals surface area contributed by atoms with E-state index in [1.54, 1.807) is 42.5 Å². The van der Waals surface area contributed by atoms with Gasteiger partial charge in [-0.05, 0) is 42.3 Å². The van der Waals surface area contributed by atoms with Gasteiger partial charge < -0.3 is 4.74 Å². The van der Waals surface area contributed by atoms with E-state index in [9.17, 15) is 13.2 Å². The molecule has 0 radical (unpaired) electrons. The lowest BCUT2D eigenvalue weighted by molar-refractivity contribution is 0.416. The molecule has 7 nitrogen and oxygen atoms in total. The molecule has 3 aromatic rings. The number of anilines is 1. The first kappa shape index (κ1) is 20.1. The van der Waals surface area contributed by atoms with E-state index in [2.05, 4.69) is 30.8 Å². The molecule has 0 fully saturated rings. The van der Waals surface area contributed by atoms with Gasteiger partial charge in [0.1, 0.15) is 5.75 Å². The van der Waals surface area contributed by atoms with Gasteiger partial charge in [0.15, 0.2) is 0 Å². The predicted octanol–water partition coefficient (Wildman–Crippen LogP) is 3.57. The molecule has 0 saturated heterocycles. The van der Waals surface area contributed by atoms with Crippen molar-refractivity contribution < 1.29 is 13.2 Å². The molecule has 0 aliphatic carbocycles. The Morgan fingerprint density at radius 2 is 1.93 bits per heavy atom. The highest BCUT2D eigenvalue weighted by Crippen LogP contribution is 2.31. The van der Waals surface area contributed by atoms with Crippen LogP contribution in [0.4, 0.5) is 5.69 Å². The largest absolute Gasteiger partial charge is 0.495 e. The van der Waals surface area contributed by atoms with Gasteiger partial charge in [-0.25, -0.2) is 13.5 Å². The van der Waals surface area contributed by atoms with Crippen LogP contribution in [0.5, 0.6) is 5.75 Å². The van der Waals surface area contributed by atoms with Crippen LogP contribution in [-0.2, 0) is 16.4 Å². The minimum absolute atomic E-state index is 0.144. The van der Waals surface area contributed by atoms with Gasteiger partial charge in [-0.15, -0.1) is 0 Å². The summed E-state index contributed by atoms with van der Waals surface area (Å²) < 4.78 is 34.9. The first-order valence-electron chi connectivity index (χ1n) is 8.39. The van der Waals surface area contributed by atoms with Crippen molar-refractivity contribution in [1.82, 2.24) is 10.2 Å². The summed E-state index contributed by atoms with van der Waals surface area (Å²) in [5.41, 5.74) is 1.72. The van der Waals surface area contributed by atoms with Crippen LogP contribution in [0.25, 0.3) is 11.3 Å². The van der Waals surface area contributed by atoms with Crippen molar-refractivity contribution in [2.45, 2.75) is 18.2 Å². The normalized spacial score (nSPS) is 11.2. The number of H-pyrrole nitrogens is 1. The number of halogens is 1. The van der Waals surface area contributed by atoms with Gasteiger partial charge >= 0.3 is 0 Å². The van der Waals surface area contributed by atoms with E-state index >= 15 is 0 Å². The summed E-state index contributed by atoms with van der Waals surface area (Å²) in [7, 11) is -2.41. The number of aromatic nitrogens is 2. The summed E-state index contributed by atoms with van der Waals surface area (Å²) in [6.45, 7) is 1.88.